The first-order valence-electron chi connectivity index (χ1n) is 8.95. The molecule has 0 bridgehead atoms. The zero-order chi connectivity index (χ0) is 14.3. The summed E-state index contributed by atoms with van der Waals surface area (Å²) in [6, 6.07) is 1.49. The highest BCUT2D eigenvalue weighted by Crippen LogP contribution is 2.46. The van der Waals surface area contributed by atoms with Crippen LogP contribution in [0.3, 0.4) is 0 Å². The van der Waals surface area contributed by atoms with E-state index >= 15 is 0 Å². The number of aliphatic hydroxyl groups excluding tert-OH is 1. The summed E-state index contributed by atoms with van der Waals surface area (Å²) in [6.45, 7) is 8.55. The molecular formula is C18H33NO. The molecule has 20 heavy (non-hydrogen) atoms. The monoisotopic (exact) mass is 279 g/mol. The molecule has 0 radical (unpaired) electrons. The Labute approximate surface area is 124 Å². The van der Waals surface area contributed by atoms with Gasteiger partial charge in [0.2, 0.25) is 0 Å². The van der Waals surface area contributed by atoms with Crippen LogP contribution in [0.2, 0.25) is 0 Å². The Morgan fingerprint density at radius 1 is 1.05 bits per heavy atom. The molecule has 3 unspecified atom stereocenters. The van der Waals surface area contributed by atoms with Gasteiger partial charge in [-0.1, -0.05) is 27.2 Å². The molecule has 3 fully saturated rings. The summed E-state index contributed by atoms with van der Waals surface area (Å²) in [5, 5.41) is 10.2. The van der Waals surface area contributed by atoms with Crippen LogP contribution in [0.5, 0.6) is 0 Å². The van der Waals surface area contributed by atoms with Crippen molar-refractivity contribution in [2.45, 2.75) is 90.3 Å². The number of hydrogen-bond acceptors (Lipinski definition) is 2. The Morgan fingerprint density at radius 3 is 2.30 bits per heavy atom. The molecule has 0 amide bonds. The van der Waals surface area contributed by atoms with Crippen LogP contribution < -0.4 is 0 Å². The Bertz CT molecular complexity index is 332. The highest BCUT2D eigenvalue weighted by molar-refractivity contribution is 4.99. The van der Waals surface area contributed by atoms with Crippen molar-refractivity contribution in [3.05, 3.63) is 0 Å². The fourth-order valence-electron chi connectivity index (χ4n) is 4.23. The molecule has 3 rings (SSSR count). The van der Waals surface area contributed by atoms with Gasteiger partial charge < -0.3 is 5.11 Å². The van der Waals surface area contributed by atoms with Crippen molar-refractivity contribution in [3.63, 3.8) is 0 Å². The Balaban J connectivity index is 1.76. The molecule has 3 aliphatic rings. The second-order valence-corrected chi connectivity index (χ2v) is 8.35. The van der Waals surface area contributed by atoms with Gasteiger partial charge >= 0.3 is 0 Å². The standard InChI is InChI=1S/C18H33NO/c1-4-18(2,3)16-10-9-15(20)11-17(16)19(14-7-8-14)12-13-5-6-13/h13-17,20H,4-12H2,1-3H3. The van der Waals surface area contributed by atoms with E-state index in [0.717, 1.165) is 30.7 Å². The first-order chi connectivity index (χ1) is 9.51. The molecule has 116 valence electrons. The minimum absolute atomic E-state index is 0.0515. The minimum atomic E-state index is -0.0515. The van der Waals surface area contributed by atoms with Crippen LogP contribution in [0.4, 0.5) is 0 Å². The summed E-state index contributed by atoms with van der Waals surface area (Å²) in [4.78, 5) is 2.84. The zero-order valence-corrected chi connectivity index (χ0v) is 13.6. The topological polar surface area (TPSA) is 23.5 Å². The molecule has 0 aliphatic heterocycles. The van der Waals surface area contributed by atoms with E-state index < -0.39 is 0 Å². The highest BCUT2D eigenvalue weighted by atomic mass is 16.3. The molecule has 3 atom stereocenters. The van der Waals surface area contributed by atoms with Gasteiger partial charge in [-0.2, -0.15) is 0 Å². The fraction of sp³-hybridized carbons (Fsp3) is 1.00. The summed E-state index contributed by atoms with van der Waals surface area (Å²) >= 11 is 0. The average molecular weight is 279 g/mol. The number of rotatable bonds is 6. The normalized spacial score (nSPS) is 35.5. The number of aliphatic hydroxyl groups is 1. The van der Waals surface area contributed by atoms with Gasteiger partial charge in [-0.05, 0) is 62.2 Å². The van der Waals surface area contributed by atoms with Crippen LogP contribution in [0, 0.1) is 17.3 Å². The van der Waals surface area contributed by atoms with Gasteiger partial charge in [-0.25, -0.2) is 0 Å². The molecule has 0 aromatic rings. The summed E-state index contributed by atoms with van der Waals surface area (Å²) in [5.41, 5.74) is 0.418. The molecule has 3 aliphatic carbocycles. The molecule has 2 heteroatoms. The number of nitrogens with zero attached hydrogens (tertiary/aromatic N) is 1. The second kappa shape index (κ2) is 5.61. The predicted molar refractivity (Wildman–Crippen MR) is 83.7 cm³/mol. The summed E-state index contributed by atoms with van der Waals surface area (Å²) in [7, 11) is 0. The molecule has 0 aromatic carbocycles. The lowest BCUT2D eigenvalue weighted by Crippen LogP contribution is -2.51. The zero-order valence-electron chi connectivity index (χ0n) is 13.6. The smallest absolute Gasteiger partial charge is 0.0555 e. The Hall–Kier alpha value is -0.0800. The van der Waals surface area contributed by atoms with Gasteiger partial charge in [0.05, 0.1) is 6.10 Å². The van der Waals surface area contributed by atoms with Crippen molar-refractivity contribution in [1.82, 2.24) is 4.90 Å². The summed E-state index contributed by atoms with van der Waals surface area (Å²) < 4.78 is 0. The van der Waals surface area contributed by atoms with E-state index in [1.165, 1.54) is 45.1 Å². The lowest BCUT2D eigenvalue weighted by molar-refractivity contribution is -0.0232. The van der Waals surface area contributed by atoms with E-state index in [1.807, 2.05) is 0 Å². The molecule has 0 spiro atoms. The lowest BCUT2D eigenvalue weighted by atomic mass is 9.66. The van der Waals surface area contributed by atoms with E-state index in [4.69, 9.17) is 0 Å². The van der Waals surface area contributed by atoms with Gasteiger partial charge in [-0.3, -0.25) is 4.90 Å². The van der Waals surface area contributed by atoms with Gasteiger partial charge in [0.25, 0.3) is 0 Å². The maximum atomic E-state index is 10.2. The molecule has 2 nitrogen and oxygen atoms in total. The average Bonchev–Trinajstić information content (AvgIpc) is 3.27. The van der Waals surface area contributed by atoms with Crippen LogP contribution in [0.1, 0.15) is 72.1 Å². The molecule has 3 saturated carbocycles. The third kappa shape index (κ3) is 3.22. The lowest BCUT2D eigenvalue weighted by Gasteiger charge is -2.48. The first kappa shape index (κ1) is 14.8. The van der Waals surface area contributed by atoms with E-state index in [2.05, 4.69) is 25.7 Å². The van der Waals surface area contributed by atoms with Crippen LogP contribution in [0.15, 0.2) is 0 Å². The predicted octanol–water partition coefficient (Wildman–Crippen LogP) is 3.83. The van der Waals surface area contributed by atoms with Crippen molar-refractivity contribution >= 4 is 0 Å². The summed E-state index contributed by atoms with van der Waals surface area (Å²) in [5.74, 6) is 1.75. The van der Waals surface area contributed by atoms with Gasteiger partial charge in [0.15, 0.2) is 0 Å². The third-order valence-corrected chi connectivity index (χ3v) is 6.31. The molecule has 0 heterocycles. The SMILES string of the molecule is CCC(C)(C)C1CCC(O)CC1N(CC1CC1)C1CC1. The van der Waals surface area contributed by atoms with E-state index in [0.29, 0.717) is 11.5 Å². The van der Waals surface area contributed by atoms with E-state index in [9.17, 15) is 5.11 Å². The largest absolute Gasteiger partial charge is 0.393 e. The Kier molecular flexibility index (Phi) is 4.16. The van der Waals surface area contributed by atoms with E-state index in [1.54, 1.807) is 0 Å². The maximum absolute atomic E-state index is 10.2. The van der Waals surface area contributed by atoms with Gasteiger partial charge in [-0.15, -0.1) is 0 Å². The van der Waals surface area contributed by atoms with Crippen LogP contribution in [-0.4, -0.2) is 34.7 Å². The van der Waals surface area contributed by atoms with Gasteiger partial charge in [0, 0.05) is 18.6 Å². The van der Waals surface area contributed by atoms with E-state index in [-0.39, 0.29) is 6.10 Å². The van der Waals surface area contributed by atoms with Crippen molar-refractivity contribution in [2.75, 3.05) is 6.54 Å². The van der Waals surface area contributed by atoms with Crippen molar-refractivity contribution < 1.29 is 5.11 Å². The van der Waals surface area contributed by atoms with Crippen molar-refractivity contribution in [1.29, 1.82) is 0 Å². The highest BCUT2D eigenvalue weighted by Gasteiger charge is 2.46. The second-order valence-electron chi connectivity index (χ2n) is 8.35. The molecular weight excluding hydrogens is 246 g/mol. The third-order valence-electron chi connectivity index (χ3n) is 6.31. The summed E-state index contributed by atoms with van der Waals surface area (Å²) in [6.07, 6.45) is 10.2. The maximum Gasteiger partial charge on any atom is 0.0555 e. The first-order valence-corrected chi connectivity index (χ1v) is 8.95. The fourth-order valence-corrected chi connectivity index (χ4v) is 4.23. The van der Waals surface area contributed by atoms with Crippen molar-refractivity contribution in [2.24, 2.45) is 17.3 Å². The quantitative estimate of drug-likeness (QED) is 0.799. The van der Waals surface area contributed by atoms with Crippen LogP contribution in [0.25, 0.3) is 0 Å². The molecule has 0 aromatic heterocycles. The minimum Gasteiger partial charge on any atom is -0.393 e. The molecule has 0 saturated heterocycles. The van der Waals surface area contributed by atoms with Gasteiger partial charge in [0.1, 0.15) is 0 Å². The van der Waals surface area contributed by atoms with Crippen molar-refractivity contribution in [3.8, 4) is 0 Å². The van der Waals surface area contributed by atoms with Crippen LogP contribution >= 0.6 is 0 Å². The van der Waals surface area contributed by atoms with Crippen LogP contribution in [-0.2, 0) is 0 Å². The molecule has 1 N–H and O–H groups in total. The number of hydrogen-bond donors (Lipinski definition) is 1. The Morgan fingerprint density at radius 2 is 1.75 bits per heavy atom.